The summed E-state index contributed by atoms with van der Waals surface area (Å²) in [6.07, 6.45) is 6.21. The largest absolute Gasteiger partial charge is 0.493 e. The van der Waals surface area contributed by atoms with Crippen molar-refractivity contribution in [3.05, 3.63) is 41.7 Å². The second-order valence-electron chi connectivity index (χ2n) is 6.92. The Labute approximate surface area is 154 Å². The van der Waals surface area contributed by atoms with Gasteiger partial charge in [-0.1, -0.05) is 25.8 Å². The first-order valence-electron chi connectivity index (χ1n) is 9.15. The van der Waals surface area contributed by atoms with Crippen LogP contribution in [-0.2, 0) is 6.54 Å². The number of rotatable bonds is 6. The molecule has 0 saturated heterocycles. The Morgan fingerprint density at radius 3 is 2.62 bits per heavy atom. The zero-order valence-electron chi connectivity index (χ0n) is 15.7. The number of nitrogens with zero attached hydrogens (tertiary/aromatic N) is 2. The van der Waals surface area contributed by atoms with E-state index in [0.717, 1.165) is 24.8 Å². The van der Waals surface area contributed by atoms with Crippen LogP contribution in [0.4, 0.5) is 0 Å². The summed E-state index contributed by atoms with van der Waals surface area (Å²) in [6, 6.07) is 7.78. The zero-order chi connectivity index (χ0) is 18.5. The number of benzene rings is 1. The molecule has 1 saturated carbocycles. The van der Waals surface area contributed by atoms with Crippen LogP contribution in [0.2, 0.25) is 0 Å². The van der Waals surface area contributed by atoms with Gasteiger partial charge in [-0.3, -0.25) is 9.89 Å². The quantitative estimate of drug-likeness (QED) is 0.857. The maximum absolute atomic E-state index is 13.1. The molecule has 3 rings (SSSR count). The molecule has 0 bridgehead atoms. The predicted molar refractivity (Wildman–Crippen MR) is 99.4 cm³/mol. The molecule has 0 aliphatic heterocycles. The summed E-state index contributed by atoms with van der Waals surface area (Å²) in [6.45, 7) is 2.78. The molecule has 1 aliphatic carbocycles. The van der Waals surface area contributed by atoms with Gasteiger partial charge in [0.25, 0.3) is 5.91 Å². The Morgan fingerprint density at radius 2 is 1.96 bits per heavy atom. The number of nitrogens with one attached hydrogen (secondary N) is 1. The number of carbonyl (C=O) groups is 1. The molecule has 2 unspecified atom stereocenters. The second-order valence-corrected chi connectivity index (χ2v) is 6.92. The van der Waals surface area contributed by atoms with Gasteiger partial charge in [-0.25, -0.2) is 0 Å². The molecule has 140 valence electrons. The van der Waals surface area contributed by atoms with Crippen molar-refractivity contribution in [2.75, 3.05) is 14.2 Å². The number of H-pyrrole nitrogens is 1. The van der Waals surface area contributed by atoms with E-state index in [9.17, 15) is 4.79 Å². The third-order valence-corrected chi connectivity index (χ3v) is 5.26. The van der Waals surface area contributed by atoms with Crippen LogP contribution in [0.5, 0.6) is 11.5 Å². The lowest BCUT2D eigenvalue weighted by atomic mass is 9.84. The standard InChI is InChI=1S/C20H27N3O3/c1-14-6-4-5-7-17(14)23(20(24)16-10-11-21-22-16)13-15-8-9-18(25-2)19(12-15)26-3/h8-12,14,17H,4-7,13H2,1-3H3,(H,21,22). The lowest BCUT2D eigenvalue weighted by molar-refractivity contribution is 0.0522. The smallest absolute Gasteiger partial charge is 0.272 e. The van der Waals surface area contributed by atoms with Crippen molar-refractivity contribution in [2.24, 2.45) is 5.92 Å². The fourth-order valence-electron chi connectivity index (χ4n) is 3.80. The minimum atomic E-state index is -0.00367. The van der Waals surface area contributed by atoms with Gasteiger partial charge >= 0.3 is 0 Å². The van der Waals surface area contributed by atoms with Crippen molar-refractivity contribution in [3.8, 4) is 11.5 Å². The average molecular weight is 357 g/mol. The van der Waals surface area contributed by atoms with Crippen LogP contribution in [0, 0.1) is 5.92 Å². The molecule has 2 atom stereocenters. The topological polar surface area (TPSA) is 67.5 Å². The van der Waals surface area contributed by atoms with E-state index < -0.39 is 0 Å². The summed E-state index contributed by atoms with van der Waals surface area (Å²) >= 11 is 0. The highest BCUT2D eigenvalue weighted by atomic mass is 16.5. The van der Waals surface area contributed by atoms with Crippen LogP contribution < -0.4 is 9.47 Å². The molecule has 26 heavy (non-hydrogen) atoms. The van der Waals surface area contributed by atoms with Crippen molar-refractivity contribution in [1.29, 1.82) is 0 Å². The van der Waals surface area contributed by atoms with Gasteiger partial charge in [0, 0.05) is 18.8 Å². The average Bonchev–Trinajstić information content (AvgIpc) is 3.21. The van der Waals surface area contributed by atoms with Gasteiger partial charge in [-0.15, -0.1) is 0 Å². The Hall–Kier alpha value is -2.50. The molecule has 1 aromatic heterocycles. The zero-order valence-corrected chi connectivity index (χ0v) is 15.7. The normalized spacial score (nSPS) is 19.8. The first kappa shape index (κ1) is 18.3. The fraction of sp³-hybridized carbons (Fsp3) is 0.500. The molecular formula is C20H27N3O3. The number of hydrogen-bond donors (Lipinski definition) is 1. The van der Waals surface area contributed by atoms with Crippen LogP contribution in [0.25, 0.3) is 0 Å². The van der Waals surface area contributed by atoms with Gasteiger partial charge in [-0.05, 0) is 42.5 Å². The minimum Gasteiger partial charge on any atom is -0.493 e. The van der Waals surface area contributed by atoms with E-state index in [1.54, 1.807) is 26.5 Å². The maximum atomic E-state index is 13.1. The van der Waals surface area contributed by atoms with Crippen LogP contribution in [0.1, 0.15) is 48.7 Å². The molecule has 1 aromatic carbocycles. The molecule has 6 nitrogen and oxygen atoms in total. The highest BCUT2D eigenvalue weighted by Crippen LogP contribution is 2.32. The predicted octanol–water partition coefficient (Wildman–Crippen LogP) is 3.65. The molecule has 1 aliphatic rings. The molecule has 1 N–H and O–H groups in total. The van der Waals surface area contributed by atoms with E-state index in [-0.39, 0.29) is 11.9 Å². The van der Waals surface area contributed by atoms with Gasteiger partial charge < -0.3 is 14.4 Å². The van der Waals surface area contributed by atoms with E-state index >= 15 is 0 Å². The van der Waals surface area contributed by atoms with E-state index in [0.29, 0.717) is 29.7 Å². The molecule has 1 fully saturated rings. The first-order valence-corrected chi connectivity index (χ1v) is 9.15. The molecule has 1 heterocycles. The molecule has 6 heteroatoms. The molecule has 2 aromatic rings. The van der Waals surface area contributed by atoms with Gasteiger partial charge in [-0.2, -0.15) is 5.10 Å². The summed E-state index contributed by atoms with van der Waals surface area (Å²) in [4.78, 5) is 15.1. The second kappa shape index (κ2) is 8.25. The summed E-state index contributed by atoms with van der Waals surface area (Å²) < 4.78 is 10.7. The van der Waals surface area contributed by atoms with Crippen molar-refractivity contribution < 1.29 is 14.3 Å². The van der Waals surface area contributed by atoms with E-state index in [1.165, 1.54) is 6.42 Å². The van der Waals surface area contributed by atoms with Gasteiger partial charge in [0.05, 0.1) is 14.2 Å². The highest BCUT2D eigenvalue weighted by Gasteiger charge is 2.31. The Balaban J connectivity index is 1.89. The van der Waals surface area contributed by atoms with Crippen LogP contribution in [0.3, 0.4) is 0 Å². The lowest BCUT2D eigenvalue weighted by Gasteiger charge is -2.38. The third-order valence-electron chi connectivity index (χ3n) is 5.26. The molecule has 0 spiro atoms. The van der Waals surface area contributed by atoms with Crippen molar-refractivity contribution >= 4 is 5.91 Å². The van der Waals surface area contributed by atoms with Gasteiger partial charge in [0.15, 0.2) is 11.5 Å². The monoisotopic (exact) mass is 357 g/mol. The van der Waals surface area contributed by atoms with Crippen molar-refractivity contribution in [1.82, 2.24) is 15.1 Å². The highest BCUT2D eigenvalue weighted by molar-refractivity contribution is 5.92. The lowest BCUT2D eigenvalue weighted by Crippen LogP contribution is -2.45. The Morgan fingerprint density at radius 1 is 1.19 bits per heavy atom. The summed E-state index contributed by atoms with van der Waals surface area (Å²) in [5.74, 6) is 1.84. The van der Waals surface area contributed by atoms with E-state index in [1.807, 2.05) is 23.1 Å². The van der Waals surface area contributed by atoms with Gasteiger partial charge in [0.2, 0.25) is 0 Å². The molecule has 1 amide bonds. The van der Waals surface area contributed by atoms with Crippen LogP contribution in [0.15, 0.2) is 30.5 Å². The summed E-state index contributed by atoms with van der Waals surface area (Å²) in [5, 5.41) is 6.75. The number of hydrogen-bond acceptors (Lipinski definition) is 4. The summed E-state index contributed by atoms with van der Waals surface area (Å²) in [7, 11) is 3.24. The molecule has 0 radical (unpaired) electrons. The van der Waals surface area contributed by atoms with Crippen LogP contribution >= 0.6 is 0 Å². The third kappa shape index (κ3) is 3.84. The Kier molecular flexibility index (Phi) is 5.81. The fourth-order valence-corrected chi connectivity index (χ4v) is 3.80. The number of ether oxygens (including phenoxy) is 2. The minimum absolute atomic E-state index is 0.00367. The Bertz CT molecular complexity index is 730. The number of aromatic nitrogens is 2. The van der Waals surface area contributed by atoms with Crippen molar-refractivity contribution in [2.45, 2.75) is 45.2 Å². The van der Waals surface area contributed by atoms with E-state index in [2.05, 4.69) is 17.1 Å². The number of carbonyl (C=O) groups excluding carboxylic acids is 1. The maximum Gasteiger partial charge on any atom is 0.272 e. The first-order chi connectivity index (χ1) is 12.6. The summed E-state index contributed by atoms with van der Waals surface area (Å²) in [5.41, 5.74) is 1.55. The van der Waals surface area contributed by atoms with Gasteiger partial charge in [0.1, 0.15) is 5.69 Å². The number of aromatic amines is 1. The number of amides is 1. The van der Waals surface area contributed by atoms with Crippen LogP contribution in [-0.4, -0.2) is 41.3 Å². The molecular weight excluding hydrogens is 330 g/mol. The SMILES string of the molecule is COc1ccc(CN(C(=O)c2ccn[nH]2)C2CCCCC2C)cc1OC. The van der Waals surface area contributed by atoms with E-state index in [4.69, 9.17) is 9.47 Å². The number of methoxy groups -OCH3 is 2. The van der Waals surface area contributed by atoms with Crippen molar-refractivity contribution in [3.63, 3.8) is 0 Å².